The van der Waals surface area contributed by atoms with Crippen LogP contribution in [0.1, 0.15) is 49.3 Å². The number of carbonyl (C=O) groups is 1. The van der Waals surface area contributed by atoms with Gasteiger partial charge in [-0.3, -0.25) is 9.78 Å². The van der Waals surface area contributed by atoms with E-state index in [-0.39, 0.29) is 11.3 Å². The molecule has 0 aliphatic heterocycles. The summed E-state index contributed by atoms with van der Waals surface area (Å²) < 4.78 is 0. The molecular formula is C21H24N2O. The van der Waals surface area contributed by atoms with Crippen LogP contribution in [0.15, 0.2) is 30.3 Å². The van der Waals surface area contributed by atoms with E-state index in [0.717, 1.165) is 24.8 Å². The number of aromatic nitrogens is 1. The monoisotopic (exact) mass is 320 g/mol. The molecule has 1 amide bonds. The normalized spacial score (nSPS) is 37.0. The standard InChI is InChI=1S/C21H24N2O/c1-12-17(8-14-4-2-3-5-18(14)23-12)19-15-6-13-7-16(19)11-21(9-13,10-15)20(22)24/h2-5,8,13,15-16,19H,6-7,9-11H2,1H3,(H2,22,24). The molecular weight excluding hydrogens is 296 g/mol. The zero-order valence-corrected chi connectivity index (χ0v) is 14.2. The molecule has 0 spiro atoms. The van der Waals surface area contributed by atoms with E-state index in [1.807, 2.05) is 6.07 Å². The molecule has 3 nitrogen and oxygen atoms in total. The molecule has 3 heteroatoms. The van der Waals surface area contributed by atoms with Crippen molar-refractivity contribution in [2.75, 3.05) is 0 Å². The lowest BCUT2D eigenvalue weighted by Crippen LogP contribution is -2.55. The average molecular weight is 320 g/mol. The highest BCUT2D eigenvalue weighted by molar-refractivity contribution is 5.82. The Morgan fingerprint density at radius 1 is 1.17 bits per heavy atom. The van der Waals surface area contributed by atoms with Gasteiger partial charge in [0.15, 0.2) is 0 Å². The van der Waals surface area contributed by atoms with Crippen LogP contribution in [0.25, 0.3) is 10.9 Å². The highest BCUT2D eigenvalue weighted by Gasteiger charge is 2.58. The van der Waals surface area contributed by atoms with Gasteiger partial charge in [-0.05, 0) is 80.4 Å². The first-order valence-electron chi connectivity index (χ1n) is 9.22. The van der Waals surface area contributed by atoms with Gasteiger partial charge in [0.25, 0.3) is 0 Å². The molecule has 2 atom stereocenters. The summed E-state index contributed by atoms with van der Waals surface area (Å²) in [5.41, 5.74) is 9.29. The number of hydrogen-bond donors (Lipinski definition) is 1. The lowest BCUT2D eigenvalue weighted by Gasteiger charge is -2.59. The summed E-state index contributed by atoms with van der Waals surface area (Å²) in [5.74, 6) is 2.43. The van der Waals surface area contributed by atoms with Crippen LogP contribution in [0.4, 0.5) is 0 Å². The minimum atomic E-state index is -0.203. The number of aryl methyl sites for hydroxylation is 1. The highest BCUT2D eigenvalue weighted by atomic mass is 16.1. The van der Waals surface area contributed by atoms with Crippen LogP contribution in [0.2, 0.25) is 0 Å². The Labute approximate surface area is 142 Å². The van der Waals surface area contributed by atoms with Gasteiger partial charge in [0.2, 0.25) is 5.91 Å². The van der Waals surface area contributed by atoms with Crippen molar-refractivity contribution < 1.29 is 4.79 Å². The van der Waals surface area contributed by atoms with Gasteiger partial charge in [0.1, 0.15) is 0 Å². The predicted molar refractivity (Wildman–Crippen MR) is 94.4 cm³/mol. The highest BCUT2D eigenvalue weighted by Crippen LogP contribution is 2.64. The summed E-state index contributed by atoms with van der Waals surface area (Å²) in [5, 5.41) is 1.23. The number of fused-ring (bicyclic) bond motifs is 1. The smallest absolute Gasteiger partial charge is 0.223 e. The minimum Gasteiger partial charge on any atom is -0.369 e. The summed E-state index contributed by atoms with van der Waals surface area (Å²) in [4.78, 5) is 17.0. The fraction of sp³-hybridized carbons (Fsp3) is 0.524. The molecule has 1 aromatic carbocycles. The molecule has 2 unspecified atom stereocenters. The van der Waals surface area contributed by atoms with Crippen molar-refractivity contribution in [3.8, 4) is 0 Å². The molecule has 24 heavy (non-hydrogen) atoms. The maximum atomic E-state index is 12.1. The van der Waals surface area contributed by atoms with Crippen LogP contribution in [0.5, 0.6) is 0 Å². The van der Waals surface area contributed by atoms with Gasteiger partial charge in [-0.2, -0.15) is 0 Å². The molecule has 2 aromatic rings. The van der Waals surface area contributed by atoms with Crippen LogP contribution in [-0.4, -0.2) is 10.9 Å². The number of hydrogen-bond acceptors (Lipinski definition) is 2. The van der Waals surface area contributed by atoms with E-state index in [9.17, 15) is 4.79 Å². The number of nitrogens with zero attached hydrogens (tertiary/aromatic N) is 1. The Bertz CT molecular complexity index is 827. The molecule has 2 N–H and O–H groups in total. The molecule has 4 bridgehead atoms. The molecule has 4 fully saturated rings. The number of pyridine rings is 1. The fourth-order valence-electron chi connectivity index (χ4n) is 6.40. The molecule has 4 aliphatic carbocycles. The zero-order chi connectivity index (χ0) is 16.5. The van der Waals surface area contributed by atoms with E-state index in [4.69, 9.17) is 10.7 Å². The Kier molecular flexibility index (Phi) is 2.89. The van der Waals surface area contributed by atoms with Gasteiger partial charge in [-0.15, -0.1) is 0 Å². The van der Waals surface area contributed by atoms with Crippen molar-refractivity contribution in [3.05, 3.63) is 41.6 Å². The number of rotatable bonds is 2. The molecule has 4 saturated carbocycles. The Hall–Kier alpha value is -1.90. The number of primary amides is 1. The SMILES string of the molecule is Cc1nc2ccccc2cc1C1C2CC3CC1CC(C(N)=O)(C3)C2. The van der Waals surface area contributed by atoms with Gasteiger partial charge in [-0.1, -0.05) is 18.2 Å². The predicted octanol–water partition coefficient (Wildman–Crippen LogP) is 3.94. The number of benzene rings is 1. The first kappa shape index (κ1) is 14.4. The molecule has 4 aliphatic rings. The first-order chi connectivity index (χ1) is 11.6. The second-order valence-corrected chi connectivity index (χ2v) is 8.50. The van der Waals surface area contributed by atoms with Gasteiger partial charge in [0.05, 0.1) is 5.52 Å². The van der Waals surface area contributed by atoms with E-state index in [1.54, 1.807) is 0 Å². The average Bonchev–Trinajstić information content (AvgIpc) is 2.54. The van der Waals surface area contributed by atoms with Crippen molar-refractivity contribution in [2.24, 2.45) is 28.9 Å². The second kappa shape index (κ2) is 4.81. The van der Waals surface area contributed by atoms with Gasteiger partial charge in [-0.25, -0.2) is 0 Å². The maximum Gasteiger partial charge on any atom is 0.223 e. The number of nitrogens with two attached hydrogens (primary N) is 1. The van der Waals surface area contributed by atoms with E-state index in [1.165, 1.54) is 29.5 Å². The summed E-state index contributed by atoms with van der Waals surface area (Å²) in [6.45, 7) is 2.15. The van der Waals surface area contributed by atoms with Crippen molar-refractivity contribution >= 4 is 16.8 Å². The number of para-hydroxylation sites is 1. The molecule has 124 valence electrons. The van der Waals surface area contributed by atoms with Crippen LogP contribution >= 0.6 is 0 Å². The molecule has 1 aromatic heterocycles. The third-order valence-corrected chi connectivity index (χ3v) is 7.11. The summed E-state index contributed by atoms with van der Waals surface area (Å²) >= 11 is 0. The third kappa shape index (κ3) is 1.90. The molecule has 6 rings (SSSR count). The van der Waals surface area contributed by atoms with Crippen LogP contribution < -0.4 is 5.73 Å². The Morgan fingerprint density at radius 3 is 2.58 bits per heavy atom. The topological polar surface area (TPSA) is 56.0 Å². The minimum absolute atomic E-state index is 0.0475. The Balaban J connectivity index is 1.59. The second-order valence-electron chi connectivity index (χ2n) is 8.50. The van der Waals surface area contributed by atoms with Crippen LogP contribution in [0.3, 0.4) is 0 Å². The maximum absolute atomic E-state index is 12.1. The van der Waals surface area contributed by atoms with Crippen LogP contribution in [0, 0.1) is 30.1 Å². The molecule has 0 radical (unpaired) electrons. The lowest BCUT2D eigenvalue weighted by molar-refractivity contribution is -0.145. The van der Waals surface area contributed by atoms with Gasteiger partial charge >= 0.3 is 0 Å². The molecule has 1 heterocycles. The van der Waals surface area contributed by atoms with E-state index in [0.29, 0.717) is 23.7 Å². The summed E-state index contributed by atoms with van der Waals surface area (Å²) in [6.07, 6.45) is 5.56. The molecule has 0 saturated heterocycles. The van der Waals surface area contributed by atoms with Crippen molar-refractivity contribution in [2.45, 2.75) is 44.9 Å². The quantitative estimate of drug-likeness (QED) is 0.911. The fourth-order valence-corrected chi connectivity index (χ4v) is 6.40. The zero-order valence-electron chi connectivity index (χ0n) is 14.2. The van der Waals surface area contributed by atoms with E-state index in [2.05, 4.69) is 31.2 Å². The first-order valence-corrected chi connectivity index (χ1v) is 9.22. The third-order valence-electron chi connectivity index (χ3n) is 7.11. The van der Waals surface area contributed by atoms with Gasteiger partial charge < -0.3 is 5.73 Å². The number of amides is 1. The van der Waals surface area contributed by atoms with E-state index >= 15 is 0 Å². The van der Waals surface area contributed by atoms with Crippen molar-refractivity contribution in [1.29, 1.82) is 0 Å². The van der Waals surface area contributed by atoms with Gasteiger partial charge in [0, 0.05) is 16.5 Å². The summed E-state index contributed by atoms with van der Waals surface area (Å²) in [6, 6.07) is 10.7. The van der Waals surface area contributed by atoms with Crippen molar-refractivity contribution in [3.63, 3.8) is 0 Å². The van der Waals surface area contributed by atoms with Crippen molar-refractivity contribution in [1.82, 2.24) is 4.98 Å². The largest absolute Gasteiger partial charge is 0.369 e. The van der Waals surface area contributed by atoms with Crippen LogP contribution in [-0.2, 0) is 4.79 Å². The van der Waals surface area contributed by atoms with E-state index < -0.39 is 0 Å². The lowest BCUT2D eigenvalue weighted by atomic mass is 9.45. The summed E-state index contributed by atoms with van der Waals surface area (Å²) in [7, 11) is 0. The number of carbonyl (C=O) groups excluding carboxylic acids is 1. The Morgan fingerprint density at radius 2 is 1.88 bits per heavy atom.